The van der Waals surface area contributed by atoms with E-state index in [0.717, 1.165) is 19.4 Å². The highest BCUT2D eigenvalue weighted by Crippen LogP contribution is 2.42. The molecule has 1 unspecified atom stereocenters. The Balaban J connectivity index is 1.84. The number of rotatable bonds is 4. The van der Waals surface area contributed by atoms with E-state index in [1.165, 1.54) is 25.7 Å². The summed E-state index contributed by atoms with van der Waals surface area (Å²) < 4.78 is 10.8. The zero-order valence-electron chi connectivity index (χ0n) is 10.2. The van der Waals surface area contributed by atoms with Gasteiger partial charge in [0.05, 0.1) is 5.60 Å². The molecule has 1 saturated heterocycles. The highest BCUT2D eigenvalue weighted by molar-refractivity contribution is 5.79. The van der Waals surface area contributed by atoms with Gasteiger partial charge >= 0.3 is 0 Å². The lowest BCUT2D eigenvalue weighted by molar-refractivity contribution is -0.127. The summed E-state index contributed by atoms with van der Waals surface area (Å²) in [4.78, 5) is 11.5. The summed E-state index contributed by atoms with van der Waals surface area (Å²) in [5, 5.41) is 0. The average molecular weight is 226 g/mol. The molecule has 1 aliphatic heterocycles. The van der Waals surface area contributed by atoms with E-state index in [-0.39, 0.29) is 18.0 Å². The lowest BCUT2D eigenvalue weighted by atomic mass is 9.82. The Labute approximate surface area is 97.5 Å². The fourth-order valence-corrected chi connectivity index (χ4v) is 3.21. The van der Waals surface area contributed by atoms with Crippen LogP contribution in [0.4, 0.5) is 0 Å². The second-order valence-electron chi connectivity index (χ2n) is 5.27. The molecule has 0 N–H and O–H groups in total. The molecule has 2 aliphatic rings. The van der Waals surface area contributed by atoms with E-state index in [1.54, 1.807) is 7.11 Å². The number of ketones is 1. The van der Waals surface area contributed by atoms with E-state index in [4.69, 9.17) is 9.47 Å². The van der Waals surface area contributed by atoms with Crippen LogP contribution in [0.2, 0.25) is 0 Å². The Morgan fingerprint density at radius 1 is 1.44 bits per heavy atom. The third kappa shape index (κ3) is 2.83. The molecule has 3 heteroatoms. The first-order valence-corrected chi connectivity index (χ1v) is 6.39. The van der Waals surface area contributed by atoms with Crippen molar-refractivity contribution in [1.29, 1.82) is 0 Å². The fourth-order valence-electron chi connectivity index (χ4n) is 3.21. The van der Waals surface area contributed by atoms with Crippen LogP contribution in [0, 0.1) is 5.92 Å². The molecule has 3 nitrogen and oxygen atoms in total. The van der Waals surface area contributed by atoms with Crippen LogP contribution in [0.5, 0.6) is 0 Å². The van der Waals surface area contributed by atoms with E-state index in [2.05, 4.69) is 0 Å². The summed E-state index contributed by atoms with van der Waals surface area (Å²) in [6.07, 6.45) is 7.78. The van der Waals surface area contributed by atoms with Crippen LogP contribution in [0.3, 0.4) is 0 Å². The highest BCUT2D eigenvalue weighted by Gasteiger charge is 2.40. The largest absolute Gasteiger partial charge is 0.377 e. The number of hydrogen-bond donors (Lipinski definition) is 0. The van der Waals surface area contributed by atoms with Gasteiger partial charge in [0.2, 0.25) is 0 Å². The molecule has 1 aliphatic carbocycles. The average Bonchev–Trinajstić information content (AvgIpc) is 2.66. The molecule has 0 aromatic rings. The Bertz CT molecular complexity index is 244. The van der Waals surface area contributed by atoms with Gasteiger partial charge < -0.3 is 9.47 Å². The Hall–Kier alpha value is -0.410. The first-order chi connectivity index (χ1) is 7.74. The summed E-state index contributed by atoms with van der Waals surface area (Å²) in [6, 6.07) is 0. The maximum atomic E-state index is 11.5. The van der Waals surface area contributed by atoms with Gasteiger partial charge in [-0.15, -0.1) is 0 Å². The van der Waals surface area contributed by atoms with Gasteiger partial charge in [-0.2, -0.15) is 0 Å². The molecule has 0 radical (unpaired) electrons. The topological polar surface area (TPSA) is 35.5 Å². The van der Waals surface area contributed by atoms with E-state index >= 15 is 0 Å². The molecule has 0 aromatic heterocycles. The summed E-state index contributed by atoms with van der Waals surface area (Å²) in [5.41, 5.74) is 0.135. The van der Waals surface area contributed by atoms with E-state index in [9.17, 15) is 4.79 Å². The third-order valence-corrected chi connectivity index (χ3v) is 3.93. The Morgan fingerprint density at radius 3 is 2.88 bits per heavy atom. The molecule has 0 amide bonds. The third-order valence-electron chi connectivity index (χ3n) is 3.93. The number of carbonyl (C=O) groups excluding carboxylic acids is 1. The summed E-state index contributed by atoms with van der Waals surface area (Å²) >= 11 is 0. The zero-order chi connectivity index (χ0) is 11.4. The van der Waals surface area contributed by atoms with Gasteiger partial charge in [0.25, 0.3) is 0 Å². The molecule has 0 bridgehead atoms. The van der Waals surface area contributed by atoms with Crippen LogP contribution in [0.1, 0.15) is 44.9 Å². The lowest BCUT2D eigenvalue weighted by Gasteiger charge is -2.38. The minimum atomic E-state index is 0.135. The van der Waals surface area contributed by atoms with Crippen LogP contribution >= 0.6 is 0 Å². The molecule has 16 heavy (non-hydrogen) atoms. The van der Waals surface area contributed by atoms with E-state index in [1.807, 2.05) is 0 Å². The van der Waals surface area contributed by atoms with Gasteiger partial charge in [0.15, 0.2) is 5.78 Å². The van der Waals surface area contributed by atoms with Crippen molar-refractivity contribution < 1.29 is 14.3 Å². The first-order valence-electron chi connectivity index (χ1n) is 6.39. The number of methoxy groups -OCH3 is 1. The number of hydrogen-bond acceptors (Lipinski definition) is 3. The quantitative estimate of drug-likeness (QED) is 0.738. The van der Waals surface area contributed by atoms with E-state index < -0.39 is 0 Å². The summed E-state index contributed by atoms with van der Waals surface area (Å²) in [6.45, 7) is 1.11. The SMILES string of the molecule is COCC(=O)CC1CCOC2(CCCC2)C1. The van der Waals surface area contributed by atoms with Crippen molar-refractivity contribution in [1.82, 2.24) is 0 Å². The normalized spacial score (nSPS) is 28.4. The molecule has 0 aromatic carbocycles. The van der Waals surface area contributed by atoms with Crippen LogP contribution in [0.15, 0.2) is 0 Å². The molecular formula is C13H22O3. The van der Waals surface area contributed by atoms with Gasteiger partial charge in [0.1, 0.15) is 6.61 Å². The summed E-state index contributed by atoms with van der Waals surface area (Å²) in [5.74, 6) is 0.761. The molecule has 92 valence electrons. The minimum Gasteiger partial charge on any atom is -0.377 e. The van der Waals surface area contributed by atoms with Crippen molar-refractivity contribution in [2.24, 2.45) is 5.92 Å². The maximum Gasteiger partial charge on any atom is 0.158 e. The molecule has 1 spiro atoms. The number of Topliss-reactive ketones (excluding diaryl/α,β-unsaturated/α-hetero) is 1. The van der Waals surface area contributed by atoms with Gasteiger partial charge in [0, 0.05) is 20.1 Å². The number of ether oxygens (including phenoxy) is 2. The maximum absolute atomic E-state index is 11.5. The van der Waals surface area contributed by atoms with Crippen LogP contribution in [-0.4, -0.2) is 31.7 Å². The highest BCUT2D eigenvalue weighted by atomic mass is 16.5. The van der Waals surface area contributed by atoms with Crippen LogP contribution in [0.25, 0.3) is 0 Å². The molecule has 2 fully saturated rings. The Kier molecular flexibility index (Phi) is 3.98. The van der Waals surface area contributed by atoms with Gasteiger partial charge in [-0.25, -0.2) is 0 Å². The van der Waals surface area contributed by atoms with Crippen LogP contribution in [-0.2, 0) is 14.3 Å². The summed E-state index contributed by atoms with van der Waals surface area (Å²) in [7, 11) is 1.58. The van der Waals surface area contributed by atoms with E-state index in [0.29, 0.717) is 12.3 Å². The van der Waals surface area contributed by atoms with Crippen molar-refractivity contribution in [2.75, 3.05) is 20.3 Å². The van der Waals surface area contributed by atoms with Crippen molar-refractivity contribution in [3.63, 3.8) is 0 Å². The van der Waals surface area contributed by atoms with Gasteiger partial charge in [-0.3, -0.25) is 4.79 Å². The standard InChI is InChI=1S/C13H22O3/c1-15-10-12(14)8-11-4-7-16-13(9-11)5-2-3-6-13/h11H,2-10H2,1H3. The zero-order valence-corrected chi connectivity index (χ0v) is 10.2. The second-order valence-corrected chi connectivity index (χ2v) is 5.27. The minimum absolute atomic E-state index is 0.135. The fraction of sp³-hybridized carbons (Fsp3) is 0.923. The van der Waals surface area contributed by atoms with Crippen molar-refractivity contribution >= 4 is 5.78 Å². The monoisotopic (exact) mass is 226 g/mol. The molecular weight excluding hydrogens is 204 g/mol. The van der Waals surface area contributed by atoms with Crippen LogP contribution < -0.4 is 0 Å². The van der Waals surface area contributed by atoms with Crippen molar-refractivity contribution in [3.05, 3.63) is 0 Å². The predicted octanol–water partition coefficient (Wildman–Crippen LogP) is 2.33. The van der Waals surface area contributed by atoms with Crippen molar-refractivity contribution in [2.45, 2.75) is 50.5 Å². The molecule has 1 heterocycles. The lowest BCUT2D eigenvalue weighted by Crippen LogP contribution is -2.38. The van der Waals surface area contributed by atoms with Gasteiger partial charge in [-0.1, -0.05) is 12.8 Å². The molecule has 1 atom stereocenters. The Morgan fingerprint density at radius 2 is 2.19 bits per heavy atom. The van der Waals surface area contributed by atoms with Crippen molar-refractivity contribution in [3.8, 4) is 0 Å². The predicted molar refractivity (Wildman–Crippen MR) is 61.4 cm³/mol. The second kappa shape index (κ2) is 5.28. The molecule has 2 rings (SSSR count). The smallest absolute Gasteiger partial charge is 0.158 e. The first kappa shape index (κ1) is 12.1. The number of carbonyl (C=O) groups is 1. The van der Waals surface area contributed by atoms with Gasteiger partial charge in [-0.05, 0) is 31.6 Å². The molecule has 1 saturated carbocycles.